The van der Waals surface area contributed by atoms with Gasteiger partial charge in [0, 0.05) is 18.7 Å². The number of benzene rings is 3. The van der Waals surface area contributed by atoms with E-state index in [-0.39, 0.29) is 19.0 Å². The molecule has 1 unspecified atom stereocenters. The van der Waals surface area contributed by atoms with E-state index in [1.165, 1.54) is 0 Å². The molecular weight excluding hydrogens is 364 g/mol. The second-order valence-electron chi connectivity index (χ2n) is 6.08. The number of halogens is 1. The van der Waals surface area contributed by atoms with Gasteiger partial charge in [-0.2, -0.15) is 0 Å². The summed E-state index contributed by atoms with van der Waals surface area (Å²) >= 11 is 0. The molecule has 0 heterocycles. The van der Waals surface area contributed by atoms with Gasteiger partial charge in [0.15, 0.2) is 6.61 Å². The lowest BCUT2D eigenvalue weighted by Gasteiger charge is -2.16. The third-order valence-electron chi connectivity index (χ3n) is 4.19. The minimum Gasteiger partial charge on any atom is -0.483 e. The Morgan fingerprint density at radius 3 is 2.48 bits per heavy atom. The summed E-state index contributed by atoms with van der Waals surface area (Å²) < 4.78 is 5.57. The van der Waals surface area contributed by atoms with Crippen molar-refractivity contribution in [2.24, 2.45) is 5.73 Å². The number of hydrogen-bond donors (Lipinski definition) is 3. The van der Waals surface area contributed by atoms with Crippen molar-refractivity contribution in [3.63, 3.8) is 0 Å². The number of nitrogens with two attached hydrogens (primary N) is 1. The van der Waals surface area contributed by atoms with Gasteiger partial charge in [0.05, 0.1) is 6.10 Å². The molecule has 0 radical (unpaired) electrons. The average Bonchev–Trinajstić information content (AvgIpc) is 2.67. The SMILES string of the molecule is Cl.NC(=O)COc1ccc2ccccc2c1CNCC(O)c1ccccc1. The predicted molar refractivity (Wildman–Crippen MR) is 109 cm³/mol. The average molecular weight is 387 g/mol. The molecule has 5 nitrogen and oxygen atoms in total. The zero-order chi connectivity index (χ0) is 18.4. The van der Waals surface area contributed by atoms with Crippen LogP contribution in [0.25, 0.3) is 10.8 Å². The number of rotatable bonds is 8. The summed E-state index contributed by atoms with van der Waals surface area (Å²) in [4.78, 5) is 11.1. The fraction of sp³-hybridized carbons (Fsp3) is 0.190. The van der Waals surface area contributed by atoms with Crippen LogP contribution in [0.2, 0.25) is 0 Å². The van der Waals surface area contributed by atoms with E-state index in [0.717, 1.165) is 21.9 Å². The molecule has 3 rings (SSSR count). The van der Waals surface area contributed by atoms with E-state index in [9.17, 15) is 9.90 Å². The number of hydrogen-bond acceptors (Lipinski definition) is 4. The Bertz CT molecular complexity index is 887. The zero-order valence-corrected chi connectivity index (χ0v) is 15.6. The topological polar surface area (TPSA) is 84.6 Å². The van der Waals surface area contributed by atoms with Crippen LogP contribution in [-0.2, 0) is 11.3 Å². The Labute approximate surface area is 164 Å². The van der Waals surface area contributed by atoms with Gasteiger partial charge < -0.3 is 20.9 Å². The van der Waals surface area contributed by atoms with E-state index < -0.39 is 12.0 Å². The lowest BCUT2D eigenvalue weighted by atomic mass is 10.0. The molecule has 0 spiro atoms. The number of fused-ring (bicyclic) bond motifs is 1. The first-order valence-corrected chi connectivity index (χ1v) is 8.50. The van der Waals surface area contributed by atoms with Crippen LogP contribution >= 0.6 is 12.4 Å². The van der Waals surface area contributed by atoms with Crippen molar-refractivity contribution in [3.05, 3.63) is 77.9 Å². The molecule has 142 valence electrons. The number of carbonyl (C=O) groups is 1. The number of primary amides is 1. The minimum absolute atomic E-state index is 0. The number of aliphatic hydroxyl groups is 1. The van der Waals surface area contributed by atoms with Crippen molar-refractivity contribution >= 4 is 29.1 Å². The van der Waals surface area contributed by atoms with E-state index >= 15 is 0 Å². The largest absolute Gasteiger partial charge is 0.483 e. The number of aliphatic hydroxyl groups excluding tert-OH is 1. The van der Waals surface area contributed by atoms with Gasteiger partial charge in [0.2, 0.25) is 0 Å². The van der Waals surface area contributed by atoms with Crippen LogP contribution in [0.1, 0.15) is 17.2 Å². The van der Waals surface area contributed by atoms with Gasteiger partial charge in [-0.25, -0.2) is 0 Å². The molecule has 0 aliphatic carbocycles. The van der Waals surface area contributed by atoms with Crippen LogP contribution in [0.15, 0.2) is 66.7 Å². The van der Waals surface area contributed by atoms with Crippen molar-refractivity contribution < 1.29 is 14.6 Å². The molecule has 3 aromatic rings. The van der Waals surface area contributed by atoms with Crippen molar-refractivity contribution in [2.75, 3.05) is 13.2 Å². The Morgan fingerprint density at radius 2 is 1.74 bits per heavy atom. The highest BCUT2D eigenvalue weighted by Gasteiger charge is 2.11. The van der Waals surface area contributed by atoms with Gasteiger partial charge in [-0.1, -0.05) is 60.7 Å². The van der Waals surface area contributed by atoms with Gasteiger partial charge in [-0.15, -0.1) is 12.4 Å². The van der Waals surface area contributed by atoms with Crippen molar-refractivity contribution in [1.29, 1.82) is 0 Å². The highest BCUT2D eigenvalue weighted by molar-refractivity contribution is 5.88. The van der Waals surface area contributed by atoms with E-state index in [1.54, 1.807) is 0 Å². The van der Waals surface area contributed by atoms with E-state index in [1.807, 2.05) is 66.7 Å². The van der Waals surface area contributed by atoms with Gasteiger partial charge in [-0.3, -0.25) is 4.79 Å². The monoisotopic (exact) mass is 386 g/mol. The van der Waals surface area contributed by atoms with Crippen LogP contribution in [0.3, 0.4) is 0 Å². The second-order valence-corrected chi connectivity index (χ2v) is 6.08. The Hall–Kier alpha value is -2.60. The molecule has 0 saturated heterocycles. The van der Waals surface area contributed by atoms with Crippen LogP contribution in [0.5, 0.6) is 5.75 Å². The molecule has 0 saturated carbocycles. The lowest BCUT2D eigenvalue weighted by Crippen LogP contribution is -2.23. The molecule has 6 heteroatoms. The first kappa shape index (κ1) is 20.7. The number of ether oxygens (including phenoxy) is 1. The van der Waals surface area contributed by atoms with Gasteiger partial charge in [-0.05, 0) is 22.4 Å². The van der Waals surface area contributed by atoms with Gasteiger partial charge in [0.1, 0.15) is 5.75 Å². The quantitative estimate of drug-likeness (QED) is 0.555. The van der Waals surface area contributed by atoms with E-state index in [4.69, 9.17) is 10.5 Å². The molecule has 0 aliphatic rings. The van der Waals surface area contributed by atoms with Crippen LogP contribution < -0.4 is 15.8 Å². The summed E-state index contributed by atoms with van der Waals surface area (Å²) in [6.45, 7) is 0.736. The highest BCUT2D eigenvalue weighted by atomic mass is 35.5. The summed E-state index contributed by atoms with van der Waals surface area (Å²) in [5, 5.41) is 15.7. The summed E-state index contributed by atoms with van der Waals surface area (Å²) in [6, 6.07) is 21.3. The van der Waals surface area contributed by atoms with Gasteiger partial charge in [0.25, 0.3) is 5.91 Å². The fourth-order valence-electron chi connectivity index (χ4n) is 2.91. The molecule has 1 atom stereocenters. The predicted octanol–water partition coefficient (Wildman–Crippen LogP) is 2.95. The van der Waals surface area contributed by atoms with E-state index in [2.05, 4.69) is 5.32 Å². The molecule has 27 heavy (non-hydrogen) atoms. The first-order valence-electron chi connectivity index (χ1n) is 8.50. The summed E-state index contributed by atoms with van der Waals surface area (Å²) in [5.74, 6) is 0.0979. The Balaban J connectivity index is 0.00000261. The molecule has 1 amide bonds. The smallest absolute Gasteiger partial charge is 0.255 e. The maximum absolute atomic E-state index is 11.1. The van der Waals surface area contributed by atoms with Crippen LogP contribution in [-0.4, -0.2) is 24.2 Å². The second kappa shape index (κ2) is 9.92. The van der Waals surface area contributed by atoms with Crippen LogP contribution in [0, 0.1) is 0 Å². The number of amides is 1. The minimum atomic E-state index is -0.596. The third kappa shape index (κ3) is 5.44. The van der Waals surface area contributed by atoms with Crippen molar-refractivity contribution in [1.82, 2.24) is 5.32 Å². The van der Waals surface area contributed by atoms with Gasteiger partial charge >= 0.3 is 0 Å². The zero-order valence-electron chi connectivity index (χ0n) is 14.8. The summed E-state index contributed by atoms with van der Waals surface area (Å²) in [7, 11) is 0. The van der Waals surface area contributed by atoms with E-state index in [0.29, 0.717) is 18.8 Å². The number of carbonyl (C=O) groups excluding carboxylic acids is 1. The maximum atomic E-state index is 11.1. The van der Waals surface area contributed by atoms with Crippen molar-refractivity contribution in [3.8, 4) is 5.75 Å². The molecule has 0 aliphatic heterocycles. The molecule has 0 fully saturated rings. The van der Waals surface area contributed by atoms with Crippen LogP contribution in [0.4, 0.5) is 0 Å². The fourth-order valence-corrected chi connectivity index (χ4v) is 2.91. The van der Waals surface area contributed by atoms with Crippen molar-refractivity contribution in [2.45, 2.75) is 12.6 Å². The summed E-state index contributed by atoms with van der Waals surface area (Å²) in [6.07, 6.45) is -0.596. The summed E-state index contributed by atoms with van der Waals surface area (Å²) in [5.41, 5.74) is 6.99. The Kier molecular flexibility index (Phi) is 7.61. The normalized spacial score (nSPS) is 11.6. The maximum Gasteiger partial charge on any atom is 0.255 e. The third-order valence-corrected chi connectivity index (χ3v) is 4.19. The molecular formula is C21H23ClN2O3. The first-order chi connectivity index (χ1) is 12.6. The molecule has 3 aromatic carbocycles. The standard InChI is InChI=1S/C21H22N2O3.ClH/c22-21(25)14-26-20-11-10-15-6-4-5-9-17(15)18(20)12-23-13-19(24)16-7-2-1-3-8-16;/h1-11,19,23-24H,12-14H2,(H2,22,25);1H. The number of nitrogens with one attached hydrogen (secondary N) is 1. The Morgan fingerprint density at radius 1 is 1.04 bits per heavy atom. The highest BCUT2D eigenvalue weighted by Crippen LogP contribution is 2.28. The molecule has 4 N–H and O–H groups in total. The molecule has 0 bridgehead atoms. The lowest BCUT2D eigenvalue weighted by molar-refractivity contribution is -0.119. The molecule has 0 aromatic heterocycles.